The highest BCUT2D eigenvalue weighted by molar-refractivity contribution is 7.81. The molecular formula is C11H10N2O2S. The van der Waals surface area contributed by atoms with Crippen LogP contribution in [0.1, 0.15) is 5.56 Å². The Balaban J connectivity index is 3.05. The lowest BCUT2D eigenvalue weighted by Crippen LogP contribution is -2.20. The van der Waals surface area contributed by atoms with Gasteiger partial charge in [0.05, 0.1) is 12.0 Å². The van der Waals surface area contributed by atoms with Crippen LogP contribution in [0.2, 0.25) is 0 Å². The zero-order valence-electron chi connectivity index (χ0n) is 8.61. The van der Waals surface area contributed by atoms with Crippen LogP contribution in [0.5, 0.6) is 5.75 Å². The first-order valence-electron chi connectivity index (χ1n) is 4.38. The molecule has 0 aliphatic carbocycles. The second-order valence-corrected chi connectivity index (χ2v) is 3.33. The van der Waals surface area contributed by atoms with E-state index in [0.717, 1.165) is 0 Å². The number of primary amides is 1. The number of nitrogens with one attached hydrogen (secondary N) is 1. The molecule has 1 aromatic carbocycles. The van der Waals surface area contributed by atoms with Crippen molar-refractivity contribution in [1.82, 2.24) is 0 Å². The quantitative estimate of drug-likeness (QED) is 0.354. The zero-order valence-corrected chi connectivity index (χ0v) is 9.43. The predicted molar refractivity (Wildman–Crippen MR) is 65.1 cm³/mol. The van der Waals surface area contributed by atoms with Crippen LogP contribution >= 0.6 is 12.2 Å². The summed E-state index contributed by atoms with van der Waals surface area (Å²) in [6, 6.07) is 6.82. The van der Waals surface area contributed by atoms with Crippen molar-refractivity contribution in [3.05, 3.63) is 35.4 Å². The molecule has 0 saturated carbocycles. The number of amides is 1. The summed E-state index contributed by atoms with van der Waals surface area (Å²) in [7, 11) is 1.56. The number of carbonyl (C=O) groups is 1. The Morgan fingerprint density at radius 3 is 2.38 bits per heavy atom. The maximum atomic E-state index is 11.0. The molecule has 3 N–H and O–H groups in total. The highest BCUT2D eigenvalue weighted by Gasteiger charge is 2.13. The molecule has 16 heavy (non-hydrogen) atoms. The van der Waals surface area contributed by atoms with Gasteiger partial charge in [0.15, 0.2) is 0 Å². The summed E-state index contributed by atoms with van der Waals surface area (Å²) in [5.41, 5.74) is 5.60. The molecule has 4 nitrogen and oxygen atoms in total. The van der Waals surface area contributed by atoms with E-state index in [1.807, 2.05) is 5.87 Å². The number of rotatable bonds is 4. The molecule has 0 saturated heterocycles. The van der Waals surface area contributed by atoms with E-state index in [0.29, 0.717) is 11.3 Å². The van der Waals surface area contributed by atoms with E-state index in [1.54, 1.807) is 31.4 Å². The first kappa shape index (κ1) is 12.1. The smallest absolute Gasteiger partial charge is 0.259 e. The number of carbonyl (C=O) groups excluding carboxylic acids is 1. The summed E-state index contributed by atoms with van der Waals surface area (Å²) < 4.78 is 4.99. The monoisotopic (exact) mass is 234 g/mol. The Hall–Kier alpha value is -1.97. The molecule has 0 aliphatic rings. The minimum Gasteiger partial charge on any atom is -0.497 e. The van der Waals surface area contributed by atoms with Gasteiger partial charge in [0.2, 0.25) is 0 Å². The van der Waals surface area contributed by atoms with Gasteiger partial charge in [-0.1, -0.05) is 12.2 Å². The molecule has 0 unspecified atom stereocenters. The fourth-order valence-corrected chi connectivity index (χ4v) is 1.40. The van der Waals surface area contributed by atoms with E-state index in [9.17, 15) is 4.79 Å². The van der Waals surface area contributed by atoms with Crippen LogP contribution in [0, 0.1) is 5.41 Å². The normalized spacial score (nSPS) is 9.06. The fraction of sp³-hybridized carbons (Fsp3) is 0.0909. The molecule has 0 atom stereocenters. The summed E-state index contributed by atoms with van der Waals surface area (Å²) in [5, 5.41) is 6.95. The van der Waals surface area contributed by atoms with Crippen molar-refractivity contribution >= 4 is 28.9 Å². The number of benzene rings is 1. The van der Waals surface area contributed by atoms with E-state index in [4.69, 9.17) is 28.1 Å². The number of hydrogen-bond acceptors (Lipinski definition) is 4. The fourth-order valence-electron chi connectivity index (χ4n) is 1.12. The third kappa shape index (κ3) is 2.53. The van der Waals surface area contributed by atoms with Crippen molar-refractivity contribution in [1.29, 1.82) is 5.41 Å². The largest absolute Gasteiger partial charge is 0.497 e. The van der Waals surface area contributed by atoms with Crippen molar-refractivity contribution in [2.24, 2.45) is 5.73 Å². The Bertz CT molecular complexity index is 473. The Morgan fingerprint density at radius 1 is 1.44 bits per heavy atom. The summed E-state index contributed by atoms with van der Waals surface area (Å²) in [6.07, 6.45) is 0. The first-order chi connectivity index (χ1) is 7.60. The van der Waals surface area contributed by atoms with Gasteiger partial charge in [-0.2, -0.15) is 0 Å². The van der Waals surface area contributed by atoms with Gasteiger partial charge in [-0.3, -0.25) is 10.2 Å². The van der Waals surface area contributed by atoms with E-state index >= 15 is 0 Å². The molecule has 1 rings (SSSR count). The molecule has 82 valence electrons. The lowest BCUT2D eigenvalue weighted by atomic mass is 10.1. The van der Waals surface area contributed by atoms with Gasteiger partial charge in [-0.15, -0.1) is 0 Å². The van der Waals surface area contributed by atoms with Gasteiger partial charge >= 0.3 is 0 Å². The van der Waals surface area contributed by atoms with Crippen LogP contribution in [-0.2, 0) is 4.79 Å². The average molecular weight is 234 g/mol. The molecular weight excluding hydrogens is 224 g/mol. The van der Waals surface area contributed by atoms with Gasteiger partial charge in [0.25, 0.3) is 5.91 Å². The maximum Gasteiger partial charge on any atom is 0.259 e. The summed E-state index contributed by atoms with van der Waals surface area (Å²) in [5.74, 6) is 1.88. The number of hydrogen-bond donors (Lipinski definition) is 2. The van der Waals surface area contributed by atoms with E-state index < -0.39 is 5.91 Å². The minimum absolute atomic E-state index is 0.0971. The maximum absolute atomic E-state index is 11.0. The molecule has 0 aliphatic heterocycles. The SMILES string of the molecule is COc1ccc(C(=S)C(=C=N)C(N)=O)cc1. The van der Waals surface area contributed by atoms with Crippen LogP contribution in [-0.4, -0.2) is 23.8 Å². The van der Waals surface area contributed by atoms with Gasteiger partial charge in [0.1, 0.15) is 11.3 Å². The molecule has 0 heterocycles. The number of nitrogens with two attached hydrogens (primary N) is 1. The third-order valence-corrected chi connectivity index (χ3v) is 2.39. The highest BCUT2D eigenvalue weighted by Crippen LogP contribution is 2.14. The number of methoxy groups -OCH3 is 1. The highest BCUT2D eigenvalue weighted by atomic mass is 32.1. The molecule has 0 fully saturated rings. The predicted octanol–water partition coefficient (Wildman–Crippen LogP) is 1.07. The lowest BCUT2D eigenvalue weighted by molar-refractivity contribution is -0.113. The van der Waals surface area contributed by atoms with E-state index in [1.165, 1.54) is 0 Å². The van der Waals surface area contributed by atoms with Gasteiger partial charge in [0, 0.05) is 0 Å². The zero-order chi connectivity index (χ0) is 12.1. The van der Waals surface area contributed by atoms with Crippen LogP contribution < -0.4 is 10.5 Å². The summed E-state index contributed by atoms with van der Waals surface area (Å²) >= 11 is 5.04. The average Bonchev–Trinajstić information content (AvgIpc) is 2.29. The molecule has 0 spiro atoms. The Morgan fingerprint density at radius 2 is 2.00 bits per heavy atom. The third-order valence-electron chi connectivity index (χ3n) is 1.95. The van der Waals surface area contributed by atoms with Crippen LogP contribution in [0.3, 0.4) is 0 Å². The Kier molecular flexibility index (Phi) is 3.94. The van der Waals surface area contributed by atoms with Gasteiger partial charge in [-0.25, -0.2) is 0 Å². The van der Waals surface area contributed by atoms with Crippen molar-refractivity contribution < 1.29 is 9.53 Å². The summed E-state index contributed by atoms with van der Waals surface area (Å²) in [6.45, 7) is 0. The van der Waals surface area contributed by atoms with Crippen molar-refractivity contribution in [2.45, 2.75) is 0 Å². The van der Waals surface area contributed by atoms with Crippen molar-refractivity contribution in [3.8, 4) is 5.75 Å². The number of thiocarbonyl (C=S) groups is 1. The number of ether oxygens (including phenoxy) is 1. The second kappa shape index (κ2) is 5.21. The van der Waals surface area contributed by atoms with Crippen molar-refractivity contribution in [3.63, 3.8) is 0 Å². The topological polar surface area (TPSA) is 76.2 Å². The lowest BCUT2D eigenvalue weighted by Gasteiger charge is -2.04. The van der Waals surface area contributed by atoms with E-state index in [-0.39, 0.29) is 10.4 Å². The molecule has 0 bridgehead atoms. The second-order valence-electron chi connectivity index (χ2n) is 2.92. The molecule has 1 amide bonds. The minimum atomic E-state index is -0.754. The standard InChI is InChI=1S/C11H10N2O2S/c1-15-8-4-2-7(3-5-8)10(16)9(6-12)11(13)14/h2-5,12H,1H3,(H2,13,14). The Labute approximate surface area is 98.2 Å². The van der Waals surface area contributed by atoms with Crippen LogP contribution in [0.25, 0.3) is 0 Å². The van der Waals surface area contributed by atoms with Gasteiger partial charge in [-0.05, 0) is 35.7 Å². The summed E-state index contributed by atoms with van der Waals surface area (Å²) in [4.78, 5) is 11.2. The van der Waals surface area contributed by atoms with Gasteiger partial charge < -0.3 is 10.5 Å². The van der Waals surface area contributed by atoms with Crippen LogP contribution in [0.15, 0.2) is 29.8 Å². The first-order valence-corrected chi connectivity index (χ1v) is 4.79. The molecule has 0 radical (unpaired) electrons. The molecule has 0 aromatic heterocycles. The van der Waals surface area contributed by atoms with Crippen molar-refractivity contribution in [2.75, 3.05) is 7.11 Å². The van der Waals surface area contributed by atoms with Crippen LogP contribution in [0.4, 0.5) is 0 Å². The molecule has 5 heteroatoms. The van der Waals surface area contributed by atoms with E-state index in [2.05, 4.69) is 0 Å². The molecule has 1 aromatic rings.